The predicted octanol–water partition coefficient (Wildman–Crippen LogP) is 5.63. The van der Waals surface area contributed by atoms with Gasteiger partial charge in [0.05, 0.1) is 30.7 Å². The highest BCUT2D eigenvalue weighted by atomic mass is 16.5. The molecule has 5 nitrogen and oxygen atoms in total. The van der Waals surface area contributed by atoms with Crippen LogP contribution in [0.3, 0.4) is 0 Å². The second kappa shape index (κ2) is 10.3. The van der Waals surface area contributed by atoms with Gasteiger partial charge >= 0.3 is 0 Å². The highest BCUT2D eigenvalue weighted by Crippen LogP contribution is 2.35. The van der Waals surface area contributed by atoms with Gasteiger partial charge in [0.2, 0.25) is 5.88 Å². The number of aromatic nitrogens is 2. The summed E-state index contributed by atoms with van der Waals surface area (Å²) in [6.07, 6.45) is 3.70. The maximum absolute atomic E-state index is 6.16. The molecule has 0 fully saturated rings. The van der Waals surface area contributed by atoms with Crippen molar-refractivity contribution in [2.75, 3.05) is 7.11 Å². The van der Waals surface area contributed by atoms with Crippen LogP contribution in [0, 0.1) is 0 Å². The SMILES string of the molecule is CCc1nc(-c2ccc(OC(C)C)cc2OC)c(CC)nc1OC(CC)CC. The van der Waals surface area contributed by atoms with Crippen molar-refractivity contribution < 1.29 is 14.2 Å². The Balaban J connectivity index is 2.53. The largest absolute Gasteiger partial charge is 0.496 e. The Morgan fingerprint density at radius 1 is 0.893 bits per heavy atom. The van der Waals surface area contributed by atoms with Crippen LogP contribution >= 0.6 is 0 Å². The average molecular weight is 387 g/mol. The molecule has 5 heteroatoms. The van der Waals surface area contributed by atoms with Crippen LogP contribution < -0.4 is 14.2 Å². The van der Waals surface area contributed by atoms with Crippen LogP contribution in [0.1, 0.15) is 65.8 Å². The standard InChI is InChI=1S/C23H34N2O3/c1-8-16(9-2)28-23-20(11-4)24-22(19(10-3)25-23)18-13-12-17(27-15(5)6)14-21(18)26-7/h12-16H,8-11H2,1-7H3. The Kier molecular flexibility index (Phi) is 8.09. The third-order valence-corrected chi connectivity index (χ3v) is 4.66. The normalized spacial score (nSPS) is 11.2. The van der Waals surface area contributed by atoms with Crippen LogP contribution in [0.4, 0.5) is 0 Å². The summed E-state index contributed by atoms with van der Waals surface area (Å²) in [5.74, 6) is 2.18. The third kappa shape index (κ3) is 5.15. The van der Waals surface area contributed by atoms with E-state index in [0.29, 0.717) is 5.88 Å². The van der Waals surface area contributed by atoms with Gasteiger partial charge in [-0.25, -0.2) is 9.97 Å². The molecule has 0 saturated carbocycles. The summed E-state index contributed by atoms with van der Waals surface area (Å²) in [6.45, 7) is 12.4. The molecule has 0 aliphatic heterocycles. The molecule has 0 bridgehead atoms. The van der Waals surface area contributed by atoms with E-state index in [9.17, 15) is 0 Å². The van der Waals surface area contributed by atoms with E-state index in [4.69, 9.17) is 24.2 Å². The van der Waals surface area contributed by atoms with E-state index in [1.54, 1.807) is 7.11 Å². The van der Waals surface area contributed by atoms with Crippen LogP contribution in [-0.4, -0.2) is 29.3 Å². The first kappa shape index (κ1) is 22.0. The van der Waals surface area contributed by atoms with Crippen LogP contribution in [0.2, 0.25) is 0 Å². The van der Waals surface area contributed by atoms with E-state index in [0.717, 1.165) is 59.8 Å². The predicted molar refractivity (Wildman–Crippen MR) is 114 cm³/mol. The Bertz CT molecular complexity index is 771. The summed E-state index contributed by atoms with van der Waals surface area (Å²) in [7, 11) is 1.67. The fraction of sp³-hybridized carbons (Fsp3) is 0.565. The lowest BCUT2D eigenvalue weighted by atomic mass is 10.1. The molecule has 2 aromatic rings. The van der Waals surface area contributed by atoms with Crippen molar-refractivity contribution in [3.63, 3.8) is 0 Å². The van der Waals surface area contributed by atoms with Crippen molar-refractivity contribution in [2.24, 2.45) is 0 Å². The van der Waals surface area contributed by atoms with Gasteiger partial charge in [-0.15, -0.1) is 0 Å². The molecule has 0 aliphatic rings. The second-order valence-electron chi connectivity index (χ2n) is 7.06. The Hall–Kier alpha value is -2.30. The fourth-order valence-electron chi connectivity index (χ4n) is 3.10. The van der Waals surface area contributed by atoms with Crippen LogP contribution in [0.25, 0.3) is 11.3 Å². The number of ether oxygens (including phenoxy) is 3. The summed E-state index contributed by atoms with van der Waals surface area (Å²) in [5.41, 5.74) is 3.56. The van der Waals surface area contributed by atoms with Gasteiger partial charge in [-0.2, -0.15) is 0 Å². The van der Waals surface area contributed by atoms with Crippen molar-refractivity contribution in [3.05, 3.63) is 29.6 Å². The first-order valence-corrected chi connectivity index (χ1v) is 10.4. The van der Waals surface area contributed by atoms with Crippen molar-refractivity contribution in [1.82, 2.24) is 9.97 Å². The summed E-state index contributed by atoms with van der Waals surface area (Å²) >= 11 is 0. The molecular weight excluding hydrogens is 352 g/mol. The molecule has 1 aromatic heterocycles. The first-order valence-electron chi connectivity index (χ1n) is 10.4. The van der Waals surface area contributed by atoms with Crippen LogP contribution in [0.5, 0.6) is 17.4 Å². The van der Waals surface area contributed by atoms with Crippen LogP contribution in [-0.2, 0) is 12.8 Å². The molecule has 0 N–H and O–H groups in total. The van der Waals surface area contributed by atoms with Gasteiger partial charge in [0.25, 0.3) is 0 Å². The number of hydrogen-bond acceptors (Lipinski definition) is 5. The molecule has 154 valence electrons. The van der Waals surface area contributed by atoms with Gasteiger partial charge in [0, 0.05) is 11.6 Å². The quantitative estimate of drug-likeness (QED) is 0.529. The monoisotopic (exact) mass is 386 g/mol. The van der Waals surface area contributed by atoms with E-state index < -0.39 is 0 Å². The molecule has 2 rings (SSSR count). The maximum Gasteiger partial charge on any atom is 0.236 e. The Morgan fingerprint density at radius 3 is 2.11 bits per heavy atom. The smallest absolute Gasteiger partial charge is 0.236 e. The molecule has 28 heavy (non-hydrogen) atoms. The number of aryl methyl sites for hydroxylation is 2. The lowest BCUT2D eigenvalue weighted by Crippen LogP contribution is -2.17. The summed E-state index contributed by atoms with van der Waals surface area (Å²) in [5, 5.41) is 0. The first-order chi connectivity index (χ1) is 13.5. The molecule has 0 radical (unpaired) electrons. The maximum atomic E-state index is 6.16. The van der Waals surface area contributed by atoms with E-state index in [1.807, 2.05) is 32.0 Å². The fourth-order valence-corrected chi connectivity index (χ4v) is 3.10. The van der Waals surface area contributed by atoms with Crippen molar-refractivity contribution in [1.29, 1.82) is 0 Å². The zero-order valence-corrected chi connectivity index (χ0v) is 18.3. The van der Waals surface area contributed by atoms with Crippen molar-refractivity contribution in [2.45, 2.75) is 79.4 Å². The van der Waals surface area contributed by atoms with Gasteiger partial charge in [0.15, 0.2) is 0 Å². The van der Waals surface area contributed by atoms with E-state index in [-0.39, 0.29) is 12.2 Å². The molecular formula is C23H34N2O3. The summed E-state index contributed by atoms with van der Waals surface area (Å²) < 4.78 is 17.6. The molecule has 0 atom stereocenters. The molecule has 0 aliphatic carbocycles. The number of methoxy groups -OCH3 is 1. The summed E-state index contributed by atoms with van der Waals surface area (Å²) in [6, 6.07) is 5.87. The average Bonchev–Trinajstić information content (AvgIpc) is 2.70. The van der Waals surface area contributed by atoms with Gasteiger partial charge in [-0.1, -0.05) is 27.7 Å². The zero-order valence-electron chi connectivity index (χ0n) is 18.3. The van der Waals surface area contributed by atoms with Crippen molar-refractivity contribution >= 4 is 0 Å². The van der Waals surface area contributed by atoms with E-state index in [1.165, 1.54) is 0 Å². The van der Waals surface area contributed by atoms with Crippen LogP contribution in [0.15, 0.2) is 18.2 Å². The lowest BCUT2D eigenvalue weighted by molar-refractivity contribution is 0.181. The van der Waals surface area contributed by atoms with Gasteiger partial charge in [0.1, 0.15) is 17.2 Å². The van der Waals surface area contributed by atoms with E-state index in [2.05, 4.69) is 27.7 Å². The third-order valence-electron chi connectivity index (χ3n) is 4.66. The molecule has 0 amide bonds. The number of nitrogens with zero attached hydrogens (tertiary/aromatic N) is 2. The van der Waals surface area contributed by atoms with E-state index >= 15 is 0 Å². The topological polar surface area (TPSA) is 53.5 Å². The molecule has 0 unspecified atom stereocenters. The minimum Gasteiger partial charge on any atom is -0.496 e. The van der Waals surface area contributed by atoms with Gasteiger partial charge < -0.3 is 14.2 Å². The summed E-state index contributed by atoms with van der Waals surface area (Å²) in [4.78, 5) is 9.79. The Labute approximate surface area is 169 Å². The second-order valence-corrected chi connectivity index (χ2v) is 7.06. The Morgan fingerprint density at radius 2 is 1.57 bits per heavy atom. The van der Waals surface area contributed by atoms with Gasteiger partial charge in [-0.05, 0) is 51.7 Å². The minimum atomic E-state index is 0.106. The van der Waals surface area contributed by atoms with Gasteiger partial charge in [-0.3, -0.25) is 0 Å². The number of hydrogen-bond donors (Lipinski definition) is 0. The minimum absolute atomic E-state index is 0.106. The lowest BCUT2D eigenvalue weighted by Gasteiger charge is -2.20. The number of benzene rings is 1. The molecule has 1 aromatic carbocycles. The zero-order chi connectivity index (χ0) is 20.7. The molecule has 0 spiro atoms. The highest BCUT2D eigenvalue weighted by Gasteiger charge is 2.19. The molecule has 0 saturated heterocycles. The molecule has 1 heterocycles. The number of rotatable bonds is 10. The van der Waals surface area contributed by atoms with Crippen molar-refractivity contribution in [3.8, 4) is 28.6 Å². The highest BCUT2D eigenvalue weighted by molar-refractivity contribution is 5.71.